The number of esters is 1. The number of thiazole rings is 1. The number of benzene rings is 2. The molecule has 0 unspecified atom stereocenters. The molecule has 0 fully saturated rings. The second kappa shape index (κ2) is 9.52. The number of hydrogen-bond donors (Lipinski definition) is 1. The fourth-order valence-electron chi connectivity index (χ4n) is 3.27. The molecule has 0 aliphatic rings. The molecule has 0 bridgehead atoms. The fraction of sp³-hybridized carbons (Fsp3) is 0.174. The average molecular weight is 449 g/mol. The molecule has 0 saturated heterocycles. The standard InChI is InChI=1S/C23H20N4O4S/c1-31-22(30)20-18(12-11-15-7-3-2-4-8-15)32-23(26-20)25-19(28)13-27-14-24-17-10-6-5-9-16(17)21(27)29/h2-10,14H,11-13H2,1H3,(H,25,26,28). The van der Waals surface area contributed by atoms with Crippen LogP contribution in [0, 0.1) is 0 Å². The zero-order chi connectivity index (χ0) is 22.5. The fourth-order valence-corrected chi connectivity index (χ4v) is 4.23. The maximum Gasteiger partial charge on any atom is 0.357 e. The summed E-state index contributed by atoms with van der Waals surface area (Å²) in [6, 6.07) is 16.8. The molecule has 162 valence electrons. The van der Waals surface area contributed by atoms with Crippen LogP contribution in [0.1, 0.15) is 20.9 Å². The van der Waals surface area contributed by atoms with Crippen molar-refractivity contribution < 1.29 is 14.3 Å². The number of amides is 1. The van der Waals surface area contributed by atoms with E-state index in [1.165, 1.54) is 29.3 Å². The van der Waals surface area contributed by atoms with Gasteiger partial charge in [-0.25, -0.2) is 14.8 Å². The van der Waals surface area contributed by atoms with Crippen LogP contribution in [0.4, 0.5) is 5.13 Å². The van der Waals surface area contributed by atoms with Crippen LogP contribution in [0.15, 0.2) is 65.7 Å². The van der Waals surface area contributed by atoms with Gasteiger partial charge in [0.2, 0.25) is 5.91 Å². The Morgan fingerprint density at radius 3 is 2.59 bits per heavy atom. The third-order valence-electron chi connectivity index (χ3n) is 4.85. The van der Waals surface area contributed by atoms with Gasteiger partial charge in [-0.05, 0) is 30.5 Å². The van der Waals surface area contributed by atoms with Crippen molar-refractivity contribution >= 4 is 39.2 Å². The Hall–Kier alpha value is -3.85. The predicted octanol–water partition coefficient (Wildman–Crippen LogP) is 3.06. The van der Waals surface area contributed by atoms with Crippen LogP contribution in [-0.4, -0.2) is 33.5 Å². The number of fused-ring (bicyclic) bond motifs is 1. The third-order valence-corrected chi connectivity index (χ3v) is 5.88. The van der Waals surface area contributed by atoms with Gasteiger partial charge in [-0.2, -0.15) is 0 Å². The number of para-hydroxylation sites is 1. The number of aryl methyl sites for hydroxylation is 2. The highest BCUT2D eigenvalue weighted by Crippen LogP contribution is 2.25. The van der Waals surface area contributed by atoms with Crippen LogP contribution in [-0.2, 0) is 28.9 Å². The van der Waals surface area contributed by atoms with E-state index in [0.29, 0.717) is 17.3 Å². The minimum atomic E-state index is -0.556. The Labute approximate surface area is 187 Å². The molecule has 1 amide bonds. The van der Waals surface area contributed by atoms with Crippen LogP contribution in [0.25, 0.3) is 10.9 Å². The van der Waals surface area contributed by atoms with E-state index in [2.05, 4.69) is 15.3 Å². The molecule has 2 aromatic carbocycles. The van der Waals surface area contributed by atoms with Crippen LogP contribution in [0.2, 0.25) is 0 Å². The minimum Gasteiger partial charge on any atom is -0.464 e. The quantitative estimate of drug-likeness (QED) is 0.436. The Morgan fingerprint density at radius 1 is 1.06 bits per heavy atom. The summed E-state index contributed by atoms with van der Waals surface area (Å²) in [5, 5.41) is 3.39. The summed E-state index contributed by atoms with van der Waals surface area (Å²) in [7, 11) is 1.29. The van der Waals surface area contributed by atoms with E-state index in [4.69, 9.17) is 4.74 Å². The van der Waals surface area contributed by atoms with Gasteiger partial charge in [0, 0.05) is 4.88 Å². The molecule has 0 aliphatic carbocycles. The molecule has 0 saturated carbocycles. The molecule has 0 aliphatic heterocycles. The smallest absolute Gasteiger partial charge is 0.357 e. The number of ether oxygens (including phenoxy) is 1. The van der Waals surface area contributed by atoms with Crippen molar-refractivity contribution in [2.45, 2.75) is 19.4 Å². The van der Waals surface area contributed by atoms with E-state index in [1.54, 1.807) is 24.3 Å². The van der Waals surface area contributed by atoms with Crippen LogP contribution < -0.4 is 10.9 Å². The van der Waals surface area contributed by atoms with Gasteiger partial charge in [0.1, 0.15) is 6.54 Å². The minimum absolute atomic E-state index is 0.188. The predicted molar refractivity (Wildman–Crippen MR) is 122 cm³/mol. The number of carbonyl (C=O) groups is 2. The topological polar surface area (TPSA) is 103 Å². The van der Waals surface area contributed by atoms with E-state index in [0.717, 1.165) is 16.9 Å². The highest BCUT2D eigenvalue weighted by molar-refractivity contribution is 7.16. The Balaban J connectivity index is 1.50. The van der Waals surface area contributed by atoms with E-state index >= 15 is 0 Å². The lowest BCUT2D eigenvalue weighted by molar-refractivity contribution is -0.116. The largest absolute Gasteiger partial charge is 0.464 e. The van der Waals surface area contributed by atoms with E-state index in [-0.39, 0.29) is 22.9 Å². The molecule has 4 rings (SSSR count). The normalized spacial score (nSPS) is 10.8. The molecule has 0 spiro atoms. The van der Waals surface area contributed by atoms with Crippen molar-refractivity contribution in [3.8, 4) is 0 Å². The zero-order valence-corrected chi connectivity index (χ0v) is 18.1. The molecular weight excluding hydrogens is 428 g/mol. The molecular formula is C23H20N4O4S. The van der Waals surface area contributed by atoms with Gasteiger partial charge in [-0.3, -0.25) is 14.2 Å². The van der Waals surface area contributed by atoms with Crippen molar-refractivity contribution in [2.24, 2.45) is 0 Å². The molecule has 32 heavy (non-hydrogen) atoms. The van der Waals surface area contributed by atoms with E-state index in [9.17, 15) is 14.4 Å². The Morgan fingerprint density at radius 2 is 1.81 bits per heavy atom. The second-order valence-corrected chi connectivity index (χ2v) is 8.09. The van der Waals surface area contributed by atoms with Crippen molar-refractivity contribution in [1.29, 1.82) is 0 Å². The lowest BCUT2D eigenvalue weighted by Gasteiger charge is -2.06. The highest BCUT2D eigenvalue weighted by Gasteiger charge is 2.20. The first-order valence-corrected chi connectivity index (χ1v) is 10.7. The molecule has 0 atom stereocenters. The molecule has 8 nitrogen and oxygen atoms in total. The number of nitrogens with zero attached hydrogens (tertiary/aromatic N) is 3. The zero-order valence-electron chi connectivity index (χ0n) is 17.3. The van der Waals surface area contributed by atoms with Gasteiger partial charge < -0.3 is 10.1 Å². The molecule has 0 radical (unpaired) electrons. The van der Waals surface area contributed by atoms with Gasteiger partial charge in [-0.15, -0.1) is 11.3 Å². The maximum absolute atomic E-state index is 12.6. The summed E-state index contributed by atoms with van der Waals surface area (Å²) in [5.74, 6) is -0.997. The number of methoxy groups -OCH3 is 1. The van der Waals surface area contributed by atoms with Crippen molar-refractivity contribution in [3.63, 3.8) is 0 Å². The first-order chi connectivity index (χ1) is 15.5. The average Bonchev–Trinajstić information content (AvgIpc) is 3.22. The summed E-state index contributed by atoms with van der Waals surface area (Å²) in [6.45, 7) is -0.219. The first-order valence-electron chi connectivity index (χ1n) is 9.91. The van der Waals surface area contributed by atoms with Crippen LogP contribution in [0.3, 0.4) is 0 Å². The van der Waals surface area contributed by atoms with E-state index < -0.39 is 11.9 Å². The molecule has 9 heteroatoms. The van der Waals surface area contributed by atoms with Crippen molar-refractivity contribution in [1.82, 2.24) is 14.5 Å². The summed E-state index contributed by atoms with van der Waals surface area (Å²) >= 11 is 1.22. The third kappa shape index (κ3) is 4.73. The maximum atomic E-state index is 12.6. The van der Waals surface area contributed by atoms with E-state index in [1.807, 2.05) is 30.3 Å². The molecule has 2 aromatic heterocycles. The van der Waals surface area contributed by atoms with Crippen LogP contribution >= 0.6 is 11.3 Å². The van der Waals surface area contributed by atoms with Gasteiger partial charge >= 0.3 is 5.97 Å². The summed E-state index contributed by atoms with van der Waals surface area (Å²) in [4.78, 5) is 46.5. The van der Waals surface area contributed by atoms with Crippen molar-refractivity contribution in [3.05, 3.63) is 87.4 Å². The number of anilines is 1. The number of carbonyl (C=O) groups excluding carboxylic acids is 2. The Bertz CT molecular complexity index is 1330. The number of rotatable bonds is 7. The summed E-state index contributed by atoms with van der Waals surface area (Å²) in [5.41, 5.74) is 1.59. The second-order valence-electron chi connectivity index (χ2n) is 7.01. The van der Waals surface area contributed by atoms with Crippen molar-refractivity contribution in [2.75, 3.05) is 12.4 Å². The number of nitrogens with one attached hydrogen (secondary N) is 1. The summed E-state index contributed by atoms with van der Waals surface area (Å²) < 4.78 is 6.08. The first kappa shape index (κ1) is 21.4. The lowest BCUT2D eigenvalue weighted by Crippen LogP contribution is -2.27. The molecule has 1 N–H and O–H groups in total. The molecule has 4 aromatic rings. The van der Waals surface area contributed by atoms with Gasteiger partial charge in [0.25, 0.3) is 5.56 Å². The van der Waals surface area contributed by atoms with Gasteiger partial charge in [0.15, 0.2) is 10.8 Å². The van der Waals surface area contributed by atoms with Gasteiger partial charge in [0.05, 0.1) is 24.3 Å². The lowest BCUT2D eigenvalue weighted by atomic mass is 10.1. The number of aromatic nitrogens is 3. The Kier molecular flexibility index (Phi) is 6.37. The highest BCUT2D eigenvalue weighted by atomic mass is 32.1. The summed E-state index contributed by atoms with van der Waals surface area (Å²) in [6.07, 6.45) is 2.64. The van der Waals surface area contributed by atoms with Crippen LogP contribution in [0.5, 0.6) is 0 Å². The molecule has 2 heterocycles. The monoisotopic (exact) mass is 448 g/mol. The van der Waals surface area contributed by atoms with Gasteiger partial charge in [-0.1, -0.05) is 42.5 Å². The number of hydrogen-bond acceptors (Lipinski definition) is 7. The SMILES string of the molecule is COC(=O)c1nc(NC(=O)Cn2cnc3ccccc3c2=O)sc1CCc1ccccc1.